The third-order valence-electron chi connectivity index (χ3n) is 3.28. The Balaban J connectivity index is 0.000000448. The molecular weight excluding hydrogens is 360 g/mol. The summed E-state index contributed by atoms with van der Waals surface area (Å²) in [5.41, 5.74) is 0.678. The summed E-state index contributed by atoms with van der Waals surface area (Å²) in [6, 6.07) is 6.23. The van der Waals surface area contributed by atoms with Gasteiger partial charge in [0.2, 0.25) is 0 Å². The monoisotopic (exact) mass is 378 g/mol. The number of hydrogen-bond acceptors (Lipinski definition) is 4. The molecule has 1 N–H and O–H groups in total. The van der Waals surface area contributed by atoms with E-state index in [4.69, 9.17) is 0 Å². The SMILES string of the molecule is O=C(CCNc1cccc([N+](=O)[O-])c1)[C]1[CH][CH][CH][CH]1.[CH]1[CH][CH][CH][CH]1.[Fe+2]. The molecule has 128 valence electrons. The maximum Gasteiger partial charge on any atom is 2.00 e. The molecule has 2 saturated carbocycles. The number of nitro benzene ring substituents is 1. The third-order valence-corrected chi connectivity index (χ3v) is 3.28. The normalized spacial score (nSPS) is 16.5. The van der Waals surface area contributed by atoms with Crippen molar-refractivity contribution in [2.45, 2.75) is 6.42 Å². The fraction of sp³-hybridized carbons (Fsp3) is 0.105. The van der Waals surface area contributed by atoms with Crippen LogP contribution >= 0.6 is 0 Å². The van der Waals surface area contributed by atoms with Crippen molar-refractivity contribution in [2.24, 2.45) is 0 Å². The Morgan fingerprint density at radius 2 is 1.60 bits per heavy atom. The van der Waals surface area contributed by atoms with Gasteiger partial charge in [-0.3, -0.25) is 14.9 Å². The zero-order chi connectivity index (χ0) is 17.2. The van der Waals surface area contributed by atoms with E-state index in [1.807, 2.05) is 44.9 Å². The van der Waals surface area contributed by atoms with Gasteiger partial charge in [0, 0.05) is 36.7 Å². The molecule has 2 fully saturated rings. The molecule has 0 bridgehead atoms. The summed E-state index contributed by atoms with van der Waals surface area (Å²) in [7, 11) is 0. The van der Waals surface area contributed by atoms with Gasteiger partial charge < -0.3 is 5.32 Å². The van der Waals surface area contributed by atoms with Crippen molar-refractivity contribution in [3.63, 3.8) is 0 Å². The zero-order valence-electron chi connectivity index (χ0n) is 13.4. The maximum absolute atomic E-state index is 11.7. The number of rotatable bonds is 6. The summed E-state index contributed by atoms with van der Waals surface area (Å²) in [6.45, 7) is 0.450. The van der Waals surface area contributed by atoms with E-state index in [0.717, 1.165) is 0 Å². The van der Waals surface area contributed by atoms with Crippen molar-refractivity contribution >= 4 is 17.2 Å². The molecule has 0 aliphatic heterocycles. The summed E-state index contributed by atoms with van der Waals surface area (Å²) in [5, 5.41) is 13.6. The van der Waals surface area contributed by atoms with Crippen molar-refractivity contribution in [1.29, 1.82) is 0 Å². The van der Waals surface area contributed by atoms with Crippen molar-refractivity contribution in [2.75, 3.05) is 11.9 Å². The Bertz CT molecular complexity index is 534. The van der Waals surface area contributed by atoms with E-state index in [9.17, 15) is 14.9 Å². The Morgan fingerprint density at radius 3 is 2.16 bits per heavy atom. The average molecular weight is 378 g/mol. The number of carbonyl (C=O) groups is 1. The van der Waals surface area contributed by atoms with E-state index in [-0.39, 0.29) is 28.5 Å². The van der Waals surface area contributed by atoms with Gasteiger partial charge in [-0.15, -0.1) is 0 Å². The quantitative estimate of drug-likeness (QED) is 0.468. The van der Waals surface area contributed by atoms with Crippen LogP contribution in [0.2, 0.25) is 0 Å². The minimum Gasteiger partial charge on any atom is -0.384 e. The Morgan fingerprint density at radius 1 is 1.00 bits per heavy atom. The molecule has 1 aromatic carbocycles. The topological polar surface area (TPSA) is 72.2 Å². The van der Waals surface area contributed by atoms with Gasteiger partial charge >= 0.3 is 17.1 Å². The van der Waals surface area contributed by atoms with Gasteiger partial charge in [0.05, 0.1) is 4.92 Å². The summed E-state index contributed by atoms with van der Waals surface area (Å²) in [5.74, 6) is 0.753. The molecular formula is C19H18FeN2O3+2. The first-order valence-electron chi connectivity index (χ1n) is 7.57. The second kappa shape index (κ2) is 12.0. The van der Waals surface area contributed by atoms with Gasteiger partial charge in [0.15, 0.2) is 0 Å². The third kappa shape index (κ3) is 8.02. The molecule has 0 unspecified atom stereocenters. The predicted octanol–water partition coefficient (Wildman–Crippen LogP) is 3.39. The van der Waals surface area contributed by atoms with Crippen LogP contribution in [0.15, 0.2) is 24.3 Å². The first-order valence-corrected chi connectivity index (χ1v) is 7.57. The van der Waals surface area contributed by atoms with E-state index < -0.39 is 4.92 Å². The first-order chi connectivity index (χ1) is 11.7. The van der Waals surface area contributed by atoms with Gasteiger partial charge in [-0.1, -0.05) is 6.07 Å². The molecule has 0 atom stereocenters. The van der Waals surface area contributed by atoms with Gasteiger partial charge in [-0.2, -0.15) is 0 Å². The zero-order valence-corrected chi connectivity index (χ0v) is 14.5. The van der Waals surface area contributed by atoms with Crippen LogP contribution in [0.3, 0.4) is 0 Å². The summed E-state index contributed by atoms with van der Waals surface area (Å²) in [4.78, 5) is 21.9. The molecule has 2 aliphatic rings. The molecule has 2 aliphatic carbocycles. The summed E-state index contributed by atoms with van der Waals surface area (Å²) in [6.07, 6.45) is 17.5. The van der Waals surface area contributed by atoms with Gasteiger partial charge in [0.25, 0.3) is 5.69 Å². The number of hydrogen-bond donors (Lipinski definition) is 1. The fourth-order valence-corrected chi connectivity index (χ4v) is 2.07. The molecule has 0 heterocycles. The van der Waals surface area contributed by atoms with Gasteiger partial charge in [0.1, 0.15) is 5.78 Å². The molecule has 5 nitrogen and oxygen atoms in total. The van der Waals surface area contributed by atoms with E-state index >= 15 is 0 Å². The number of ketones is 1. The van der Waals surface area contributed by atoms with Crippen LogP contribution in [0.5, 0.6) is 0 Å². The summed E-state index contributed by atoms with van der Waals surface area (Å²) < 4.78 is 0. The second-order valence-corrected chi connectivity index (χ2v) is 5.04. The molecule has 0 amide bonds. The van der Waals surface area contributed by atoms with Crippen molar-refractivity contribution in [3.8, 4) is 0 Å². The van der Waals surface area contributed by atoms with Gasteiger partial charge in [-0.05, 0) is 63.9 Å². The van der Waals surface area contributed by atoms with E-state index in [1.165, 1.54) is 12.1 Å². The first kappa shape index (κ1) is 21.7. The van der Waals surface area contributed by atoms with Gasteiger partial charge in [-0.25, -0.2) is 0 Å². The number of anilines is 1. The largest absolute Gasteiger partial charge is 2.00 e. The minimum atomic E-state index is -0.444. The summed E-state index contributed by atoms with van der Waals surface area (Å²) >= 11 is 0. The number of Topliss-reactive ketones (excluding diaryl/α,β-unsaturated/α-hetero) is 1. The van der Waals surface area contributed by atoms with Crippen LogP contribution in [-0.4, -0.2) is 17.3 Å². The number of carbonyl (C=O) groups excluding carboxylic acids is 1. The fourth-order valence-electron chi connectivity index (χ4n) is 2.07. The number of nitro groups is 1. The van der Waals surface area contributed by atoms with Crippen molar-refractivity contribution in [1.82, 2.24) is 0 Å². The van der Waals surface area contributed by atoms with Crippen molar-refractivity contribution in [3.05, 3.63) is 98.1 Å². The number of nitrogens with one attached hydrogen (secondary N) is 1. The minimum absolute atomic E-state index is 0. The molecule has 0 saturated heterocycles. The maximum atomic E-state index is 11.7. The van der Waals surface area contributed by atoms with Crippen LogP contribution in [-0.2, 0) is 21.9 Å². The van der Waals surface area contributed by atoms with Crippen LogP contribution in [0.4, 0.5) is 11.4 Å². The molecule has 10 radical (unpaired) electrons. The molecule has 3 rings (SSSR count). The Kier molecular flexibility index (Phi) is 10.4. The molecule has 0 aromatic heterocycles. The van der Waals surface area contributed by atoms with Crippen molar-refractivity contribution < 1.29 is 26.8 Å². The van der Waals surface area contributed by atoms with Crippen LogP contribution in [0.25, 0.3) is 0 Å². The second-order valence-electron chi connectivity index (χ2n) is 5.04. The van der Waals surface area contributed by atoms with E-state index in [2.05, 4.69) is 5.32 Å². The number of nitrogens with zero attached hydrogens (tertiary/aromatic N) is 1. The van der Waals surface area contributed by atoms with E-state index in [0.29, 0.717) is 24.6 Å². The van der Waals surface area contributed by atoms with Crippen LogP contribution in [0, 0.1) is 73.8 Å². The number of non-ortho nitro benzene ring substituents is 1. The Labute approximate surface area is 160 Å². The standard InChI is InChI=1S/C14H13N2O3.C5H5.Fe/c17-14(11-4-1-2-5-11)8-9-15-12-6-3-7-13(10-12)16(18)19;1-2-4-5-3-1;/h1-7,10,15H,8-9H2;1-5H;/q;;+2. The van der Waals surface area contributed by atoms with Crippen LogP contribution < -0.4 is 5.32 Å². The molecule has 25 heavy (non-hydrogen) atoms. The van der Waals surface area contributed by atoms with E-state index in [1.54, 1.807) is 25.0 Å². The smallest absolute Gasteiger partial charge is 0.384 e. The molecule has 1 aromatic rings. The van der Waals surface area contributed by atoms with Crippen LogP contribution in [0.1, 0.15) is 6.42 Å². The molecule has 0 spiro atoms. The predicted molar refractivity (Wildman–Crippen MR) is 93.2 cm³/mol. The average Bonchev–Trinajstić information content (AvgIpc) is 3.31. The Hall–Kier alpha value is -1.39. The number of benzene rings is 1. The molecule has 6 heteroatoms.